The lowest BCUT2D eigenvalue weighted by Crippen LogP contribution is -2.15. The quantitative estimate of drug-likeness (QED) is 0.436. The van der Waals surface area contributed by atoms with Crippen LogP contribution in [0.5, 0.6) is 5.75 Å². The third kappa shape index (κ3) is 3.56. The predicted molar refractivity (Wildman–Crippen MR) is 60.4 cm³/mol. The second-order valence-electron chi connectivity index (χ2n) is 3.04. The number of allylic oxidation sites excluding steroid dienone is 1. The first-order valence-electron chi connectivity index (χ1n) is 4.82. The molecule has 0 saturated heterocycles. The molecule has 0 spiro atoms. The highest BCUT2D eigenvalue weighted by molar-refractivity contribution is 6.04. The van der Waals surface area contributed by atoms with Gasteiger partial charge in [0.25, 0.3) is 0 Å². The van der Waals surface area contributed by atoms with Crippen molar-refractivity contribution in [3.8, 4) is 5.75 Å². The van der Waals surface area contributed by atoms with E-state index in [0.717, 1.165) is 12.3 Å². The van der Waals surface area contributed by atoms with Gasteiger partial charge in [-0.1, -0.05) is 6.58 Å². The third-order valence-electron chi connectivity index (χ3n) is 1.95. The van der Waals surface area contributed by atoms with Crippen molar-refractivity contribution >= 4 is 5.78 Å². The van der Waals surface area contributed by atoms with E-state index in [1.807, 2.05) is 7.05 Å². The molecule has 3 heteroatoms. The average molecular weight is 205 g/mol. The first-order valence-corrected chi connectivity index (χ1v) is 4.82. The molecule has 1 rings (SSSR count). The Bertz CT molecular complexity index is 330. The molecule has 0 amide bonds. The van der Waals surface area contributed by atoms with Gasteiger partial charge in [0, 0.05) is 12.1 Å². The van der Waals surface area contributed by atoms with Crippen molar-refractivity contribution in [1.82, 2.24) is 5.32 Å². The van der Waals surface area contributed by atoms with Crippen LogP contribution in [-0.4, -0.2) is 26.0 Å². The number of hydrogen-bond acceptors (Lipinski definition) is 3. The van der Waals surface area contributed by atoms with E-state index in [1.165, 1.54) is 6.08 Å². The normalized spacial score (nSPS) is 9.67. The number of carbonyl (C=O) groups excluding carboxylic acids is 1. The Morgan fingerprint density at radius 2 is 2.13 bits per heavy atom. The molecule has 0 heterocycles. The van der Waals surface area contributed by atoms with E-state index >= 15 is 0 Å². The number of likely N-dealkylation sites (N-methyl/N-ethyl adjacent to an activating group) is 1. The lowest BCUT2D eigenvalue weighted by molar-refractivity contribution is 0.104. The molecule has 15 heavy (non-hydrogen) atoms. The molecule has 0 fully saturated rings. The van der Waals surface area contributed by atoms with Gasteiger partial charge >= 0.3 is 0 Å². The molecule has 0 unspecified atom stereocenters. The molecule has 0 bridgehead atoms. The summed E-state index contributed by atoms with van der Waals surface area (Å²) in [7, 11) is 1.87. The SMILES string of the molecule is C=CC(=O)c1ccc(OCCNC)cc1. The lowest BCUT2D eigenvalue weighted by Gasteiger charge is -2.05. The second kappa shape index (κ2) is 5.98. The van der Waals surface area contributed by atoms with Gasteiger partial charge in [-0.3, -0.25) is 4.79 Å². The standard InChI is InChI=1S/C12H15NO2/c1-3-12(14)10-4-6-11(7-5-10)15-9-8-13-2/h3-7,13H,1,8-9H2,2H3. The van der Waals surface area contributed by atoms with Crippen molar-refractivity contribution in [2.45, 2.75) is 0 Å². The van der Waals surface area contributed by atoms with Gasteiger partial charge in [-0.05, 0) is 37.4 Å². The van der Waals surface area contributed by atoms with Gasteiger partial charge in [-0.2, -0.15) is 0 Å². The highest BCUT2D eigenvalue weighted by Gasteiger charge is 2.00. The number of ketones is 1. The Morgan fingerprint density at radius 1 is 1.47 bits per heavy atom. The van der Waals surface area contributed by atoms with Gasteiger partial charge < -0.3 is 10.1 Å². The van der Waals surface area contributed by atoms with Crippen molar-refractivity contribution in [1.29, 1.82) is 0 Å². The highest BCUT2D eigenvalue weighted by Crippen LogP contribution is 2.12. The van der Waals surface area contributed by atoms with Crippen LogP contribution in [0.3, 0.4) is 0 Å². The number of rotatable bonds is 6. The van der Waals surface area contributed by atoms with Gasteiger partial charge in [0.05, 0.1) is 0 Å². The van der Waals surface area contributed by atoms with E-state index < -0.39 is 0 Å². The maximum Gasteiger partial charge on any atom is 0.185 e. The van der Waals surface area contributed by atoms with Crippen molar-refractivity contribution < 1.29 is 9.53 Å². The fraction of sp³-hybridized carbons (Fsp3) is 0.250. The minimum Gasteiger partial charge on any atom is -0.492 e. The minimum absolute atomic E-state index is 0.0724. The fourth-order valence-electron chi connectivity index (χ4n) is 1.10. The summed E-state index contributed by atoms with van der Waals surface area (Å²) in [5, 5.41) is 2.98. The molecule has 1 N–H and O–H groups in total. The second-order valence-corrected chi connectivity index (χ2v) is 3.04. The van der Waals surface area contributed by atoms with Gasteiger partial charge in [0.2, 0.25) is 0 Å². The van der Waals surface area contributed by atoms with Crippen LogP contribution < -0.4 is 10.1 Å². The zero-order chi connectivity index (χ0) is 11.1. The van der Waals surface area contributed by atoms with E-state index in [9.17, 15) is 4.79 Å². The first kappa shape index (κ1) is 11.5. The monoisotopic (exact) mass is 205 g/mol. The summed E-state index contributed by atoms with van der Waals surface area (Å²) in [6, 6.07) is 7.04. The van der Waals surface area contributed by atoms with Crippen LogP contribution >= 0.6 is 0 Å². The van der Waals surface area contributed by atoms with Crippen LogP contribution in [0.2, 0.25) is 0 Å². The summed E-state index contributed by atoms with van der Waals surface area (Å²) >= 11 is 0. The molecule has 0 saturated carbocycles. The lowest BCUT2D eigenvalue weighted by atomic mass is 10.1. The number of ether oxygens (including phenoxy) is 1. The van der Waals surface area contributed by atoms with E-state index in [4.69, 9.17) is 4.74 Å². The predicted octanol–water partition coefficient (Wildman–Crippen LogP) is 1.65. The molecule has 0 aliphatic carbocycles. The summed E-state index contributed by atoms with van der Waals surface area (Å²) in [6.07, 6.45) is 1.30. The summed E-state index contributed by atoms with van der Waals surface area (Å²) in [5.41, 5.74) is 0.631. The topological polar surface area (TPSA) is 38.3 Å². The van der Waals surface area contributed by atoms with E-state index in [-0.39, 0.29) is 5.78 Å². The largest absolute Gasteiger partial charge is 0.492 e. The molecular weight excluding hydrogens is 190 g/mol. The molecule has 3 nitrogen and oxygen atoms in total. The molecular formula is C12H15NO2. The van der Waals surface area contributed by atoms with Crippen LogP contribution in [0.25, 0.3) is 0 Å². The first-order chi connectivity index (χ1) is 7.27. The Balaban J connectivity index is 2.56. The Morgan fingerprint density at radius 3 is 2.67 bits per heavy atom. The van der Waals surface area contributed by atoms with Crippen LogP contribution in [0.4, 0.5) is 0 Å². The molecule has 0 radical (unpaired) electrons. The summed E-state index contributed by atoms with van der Waals surface area (Å²) < 4.78 is 5.42. The van der Waals surface area contributed by atoms with Crippen LogP contribution in [0.1, 0.15) is 10.4 Å². The molecule has 0 aliphatic heterocycles. The van der Waals surface area contributed by atoms with Crippen molar-refractivity contribution in [3.63, 3.8) is 0 Å². The zero-order valence-electron chi connectivity index (χ0n) is 8.82. The maximum atomic E-state index is 11.2. The summed E-state index contributed by atoms with van der Waals surface area (Å²) in [6.45, 7) is 4.85. The van der Waals surface area contributed by atoms with Crippen molar-refractivity contribution in [3.05, 3.63) is 42.5 Å². The van der Waals surface area contributed by atoms with Gasteiger partial charge in [-0.15, -0.1) is 0 Å². The molecule has 80 valence electrons. The summed E-state index contributed by atoms with van der Waals surface area (Å²) in [4.78, 5) is 11.2. The van der Waals surface area contributed by atoms with Crippen molar-refractivity contribution in [2.24, 2.45) is 0 Å². The number of carbonyl (C=O) groups is 1. The van der Waals surface area contributed by atoms with Crippen LogP contribution in [0, 0.1) is 0 Å². The Labute approximate surface area is 89.8 Å². The molecule has 0 atom stereocenters. The molecule has 0 aromatic heterocycles. The van der Waals surface area contributed by atoms with Gasteiger partial charge in [-0.25, -0.2) is 0 Å². The smallest absolute Gasteiger partial charge is 0.185 e. The maximum absolute atomic E-state index is 11.2. The minimum atomic E-state index is -0.0724. The third-order valence-corrected chi connectivity index (χ3v) is 1.95. The van der Waals surface area contributed by atoms with Gasteiger partial charge in [0.15, 0.2) is 5.78 Å². The van der Waals surface area contributed by atoms with Gasteiger partial charge in [0.1, 0.15) is 12.4 Å². The Kier molecular flexibility index (Phi) is 4.57. The van der Waals surface area contributed by atoms with Crippen molar-refractivity contribution in [2.75, 3.05) is 20.2 Å². The van der Waals surface area contributed by atoms with E-state index in [0.29, 0.717) is 12.2 Å². The number of benzene rings is 1. The molecule has 0 aliphatic rings. The average Bonchev–Trinajstić information content (AvgIpc) is 2.29. The Hall–Kier alpha value is -1.61. The van der Waals surface area contributed by atoms with Crippen LogP contribution in [0.15, 0.2) is 36.9 Å². The number of nitrogens with one attached hydrogen (secondary N) is 1. The molecule has 1 aromatic carbocycles. The van der Waals surface area contributed by atoms with E-state index in [1.54, 1.807) is 24.3 Å². The van der Waals surface area contributed by atoms with Crippen LogP contribution in [-0.2, 0) is 0 Å². The fourth-order valence-corrected chi connectivity index (χ4v) is 1.10. The molecule has 1 aromatic rings. The number of hydrogen-bond donors (Lipinski definition) is 1. The summed E-state index contributed by atoms with van der Waals surface area (Å²) in [5.74, 6) is 0.697. The zero-order valence-corrected chi connectivity index (χ0v) is 8.82. The van der Waals surface area contributed by atoms with E-state index in [2.05, 4.69) is 11.9 Å². The highest BCUT2D eigenvalue weighted by atomic mass is 16.5.